The van der Waals surface area contributed by atoms with Crippen molar-refractivity contribution in [3.05, 3.63) is 66.5 Å². The summed E-state index contributed by atoms with van der Waals surface area (Å²) in [6.07, 6.45) is 3.77. The number of aryl methyl sites for hydroxylation is 1. The second kappa shape index (κ2) is 4.02. The van der Waals surface area contributed by atoms with E-state index in [4.69, 9.17) is 0 Å². The molecule has 0 aliphatic heterocycles. The molecule has 0 aliphatic rings. The highest BCUT2D eigenvalue weighted by Crippen LogP contribution is 2.27. The highest BCUT2D eigenvalue weighted by molar-refractivity contribution is 5.95. The van der Waals surface area contributed by atoms with Gasteiger partial charge >= 0.3 is 0 Å². The van der Waals surface area contributed by atoms with E-state index in [0.717, 1.165) is 0 Å². The van der Waals surface area contributed by atoms with Gasteiger partial charge in [-0.15, -0.1) is 0 Å². The lowest BCUT2D eigenvalue weighted by atomic mass is 9.99. The maximum Gasteiger partial charge on any atom is 0.0352 e. The van der Waals surface area contributed by atoms with Gasteiger partial charge in [0, 0.05) is 17.8 Å². The molecule has 0 amide bonds. The fourth-order valence-corrected chi connectivity index (χ4v) is 2.10. The second-order valence-corrected chi connectivity index (χ2v) is 4.27. The summed E-state index contributed by atoms with van der Waals surface area (Å²) in [6.45, 7) is 2.11. The van der Waals surface area contributed by atoms with Crippen molar-refractivity contribution in [1.82, 2.24) is 4.98 Å². The third kappa shape index (κ3) is 1.80. The van der Waals surface area contributed by atoms with E-state index >= 15 is 0 Å². The molecule has 17 heavy (non-hydrogen) atoms. The molecule has 1 heterocycles. The minimum absolute atomic E-state index is 1.21. The van der Waals surface area contributed by atoms with E-state index in [0.29, 0.717) is 0 Å². The number of aromatic nitrogens is 1. The van der Waals surface area contributed by atoms with Gasteiger partial charge in [-0.05, 0) is 29.5 Å². The van der Waals surface area contributed by atoms with Crippen LogP contribution in [0, 0.1) is 6.92 Å². The van der Waals surface area contributed by atoms with Crippen molar-refractivity contribution >= 4 is 10.8 Å². The SMILES string of the molecule is Cc1ccc(-c2cccc3ccncc23)cc1. The van der Waals surface area contributed by atoms with Crippen molar-refractivity contribution in [2.24, 2.45) is 0 Å². The predicted octanol–water partition coefficient (Wildman–Crippen LogP) is 4.21. The summed E-state index contributed by atoms with van der Waals surface area (Å²) in [6, 6.07) is 17.0. The van der Waals surface area contributed by atoms with E-state index in [1.54, 1.807) is 0 Å². The van der Waals surface area contributed by atoms with Gasteiger partial charge in [-0.1, -0.05) is 48.0 Å². The van der Waals surface area contributed by atoms with E-state index < -0.39 is 0 Å². The summed E-state index contributed by atoms with van der Waals surface area (Å²) in [7, 11) is 0. The summed E-state index contributed by atoms with van der Waals surface area (Å²) < 4.78 is 0. The molecule has 3 aromatic rings. The average Bonchev–Trinajstić information content (AvgIpc) is 2.39. The lowest BCUT2D eigenvalue weighted by molar-refractivity contribution is 1.36. The van der Waals surface area contributed by atoms with Crippen LogP contribution < -0.4 is 0 Å². The lowest BCUT2D eigenvalue weighted by Gasteiger charge is -2.06. The zero-order valence-corrected chi connectivity index (χ0v) is 9.72. The Morgan fingerprint density at radius 2 is 1.71 bits per heavy atom. The normalized spacial score (nSPS) is 10.6. The number of rotatable bonds is 1. The standard InChI is InChI=1S/C16H13N/c1-12-5-7-14(8-6-12)15-4-2-3-13-9-10-17-11-16(13)15/h2-11H,1H3. The first-order valence-corrected chi connectivity index (χ1v) is 5.74. The van der Waals surface area contributed by atoms with Gasteiger partial charge in [0.2, 0.25) is 0 Å². The fraction of sp³-hybridized carbons (Fsp3) is 0.0625. The molecule has 1 heteroatoms. The third-order valence-corrected chi connectivity index (χ3v) is 3.05. The van der Waals surface area contributed by atoms with Crippen LogP contribution in [0.15, 0.2) is 60.9 Å². The highest BCUT2D eigenvalue weighted by Gasteiger charge is 2.02. The molecule has 0 bridgehead atoms. The summed E-state index contributed by atoms with van der Waals surface area (Å²) in [4.78, 5) is 4.22. The van der Waals surface area contributed by atoms with Crippen LogP contribution in [0.5, 0.6) is 0 Å². The lowest BCUT2D eigenvalue weighted by Crippen LogP contribution is -1.82. The Labute approximate surface area is 101 Å². The van der Waals surface area contributed by atoms with Crippen molar-refractivity contribution in [3.63, 3.8) is 0 Å². The Balaban J connectivity index is 2.27. The van der Waals surface area contributed by atoms with Crippen molar-refractivity contribution in [2.75, 3.05) is 0 Å². The molecule has 0 saturated carbocycles. The topological polar surface area (TPSA) is 12.9 Å². The smallest absolute Gasteiger partial charge is 0.0352 e. The van der Waals surface area contributed by atoms with Crippen molar-refractivity contribution in [3.8, 4) is 11.1 Å². The van der Waals surface area contributed by atoms with Crippen molar-refractivity contribution < 1.29 is 0 Å². The zero-order valence-electron chi connectivity index (χ0n) is 9.72. The summed E-state index contributed by atoms with van der Waals surface area (Å²) in [5, 5.41) is 2.44. The number of nitrogens with zero attached hydrogens (tertiary/aromatic N) is 1. The average molecular weight is 219 g/mol. The molecule has 0 fully saturated rings. The Bertz CT molecular complexity index is 648. The molecule has 82 valence electrons. The van der Waals surface area contributed by atoms with Crippen LogP contribution in [0.4, 0.5) is 0 Å². The maximum atomic E-state index is 4.22. The Hall–Kier alpha value is -2.15. The first kappa shape index (κ1) is 10.0. The molecule has 0 unspecified atom stereocenters. The monoisotopic (exact) mass is 219 g/mol. The molecule has 0 atom stereocenters. The van der Waals surface area contributed by atoms with Crippen LogP contribution in [0.3, 0.4) is 0 Å². The largest absolute Gasteiger partial charge is 0.264 e. The van der Waals surface area contributed by atoms with Crippen LogP contribution in [-0.2, 0) is 0 Å². The number of pyridine rings is 1. The Morgan fingerprint density at radius 1 is 0.882 bits per heavy atom. The first-order chi connectivity index (χ1) is 8.34. The van der Waals surface area contributed by atoms with Crippen LogP contribution in [0.25, 0.3) is 21.9 Å². The Morgan fingerprint density at radius 3 is 2.53 bits per heavy atom. The van der Waals surface area contributed by atoms with E-state index in [9.17, 15) is 0 Å². The predicted molar refractivity (Wildman–Crippen MR) is 71.9 cm³/mol. The molecule has 2 aromatic carbocycles. The van der Waals surface area contributed by atoms with Gasteiger partial charge in [0.05, 0.1) is 0 Å². The number of fused-ring (bicyclic) bond motifs is 1. The van der Waals surface area contributed by atoms with Gasteiger partial charge in [0.15, 0.2) is 0 Å². The van der Waals surface area contributed by atoms with Crippen LogP contribution in [0.1, 0.15) is 5.56 Å². The summed E-state index contributed by atoms with van der Waals surface area (Å²) in [5.74, 6) is 0. The number of hydrogen-bond donors (Lipinski definition) is 0. The molecular formula is C16H13N. The minimum atomic E-state index is 1.21. The minimum Gasteiger partial charge on any atom is -0.264 e. The molecular weight excluding hydrogens is 206 g/mol. The van der Waals surface area contributed by atoms with Crippen molar-refractivity contribution in [1.29, 1.82) is 0 Å². The van der Waals surface area contributed by atoms with E-state index in [2.05, 4.69) is 54.4 Å². The molecule has 0 saturated heterocycles. The Kier molecular flexibility index (Phi) is 2.37. The van der Waals surface area contributed by atoms with Gasteiger partial charge in [-0.3, -0.25) is 4.98 Å². The molecule has 0 aliphatic carbocycles. The number of hydrogen-bond acceptors (Lipinski definition) is 1. The summed E-state index contributed by atoms with van der Waals surface area (Å²) in [5.41, 5.74) is 3.77. The van der Waals surface area contributed by atoms with Gasteiger partial charge in [0.1, 0.15) is 0 Å². The molecule has 1 aromatic heterocycles. The zero-order chi connectivity index (χ0) is 11.7. The van der Waals surface area contributed by atoms with E-state index in [-0.39, 0.29) is 0 Å². The molecule has 0 spiro atoms. The maximum absolute atomic E-state index is 4.22. The van der Waals surface area contributed by atoms with Crippen LogP contribution in [-0.4, -0.2) is 4.98 Å². The van der Waals surface area contributed by atoms with Gasteiger partial charge < -0.3 is 0 Å². The first-order valence-electron chi connectivity index (χ1n) is 5.74. The highest BCUT2D eigenvalue weighted by atomic mass is 14.6. The molecule has 3 rings (SSSR count). The van der Waals surface area contributed by atoms with Gasteiger partial charge in [-0.2, -0.15) is 0 Å². The molecule has 1 nitrogen and oxygen atoms in total. The quantitative estimate of drug-likeness (QED) is 0.597. The van der Waals surface area contributed by atoms with Crippen molar-refractivity contribution in [2.45, 2.75) is 6.92 Å². The van der Waals surface area contributed by atoms with Crippen LogP contribution in [0.2, 0.25) is 0 Å². The molecule has 0 N–H and O–H groups in total. The third-order valence-electron chi connectivity index (χ3n) is 3.05. The van der Waals surface area contributed by atoms with Gasteiger partial charge in [-0.25, -0.2) is 0 Å². The van der Waals surface area contributed by atoms with E-state index in [1.165, 1.54) is 27.5 Å². The van der Waals surface area contributed by atoms with E-state index in [1.807, 2.05) is 18.5 Å². The fourth-order valence-electron chi connectivity index (χ4n) is 2.10. The summed E-state index contributed by atoms with van der Waals surface area (Å²) >= 11 is 0. The van der Waals surface area contributed by atoms with Crippen LogP contribution >= 0.6 is 0 Å². The molecule has 0 radical (unpaired) electrons. The number of benzene rings is 2. The van der Waals surface area contributed by atoms with Gasteiger partial charge in [0.25, 0.3) is 0 Å². The second-order valence-electron chi connectivity index (χ2n) is 4.27.